The van der Waals surface area contributed by atoms with Gasteiger partial charge < -0.3 is 10.5 Å². The van der Waals surface area contributed by atoms with Gasteiger partial charge in [0.15, 0.2) is 6.10 Å². The maximum Gasteiger partial charge on any atom is 0.318 e. The largest absolute Gasteiger partial charge is 0.481 e. The number of rotatable bonds is 3. The first kappa shape index (κ1) is 11.0. The minimum Gasteiger partial charge on any atom is -0.481 e. The van der Waals surface area contributed by atoms with Crippen LogP contribution in [0.2, 0.25) is 0 Å². The molecule has 0 aliphatic carbocycles. The highest BCUT2D eigenvalue weighted by Crippen LogP contribution is 2.10. The number of primary amides is 1. The molecule has 80 valence electrons. The maximum atomic E-state index is 11.2. The van der Waals surface area contributed by atoms with Crippen molar-refractivity contribution in [2.24, 2.45) is 5.73 Å². The lowest BCUT2D eigenvalue weighted by Gasteiger charge is -2.12. The number of carbonyl (C=O) groups excluding carboxylic acids is 2. The van der Waals surface area contributed by atoms with Crippen LogP contribution in [0, 0.1) is 0 Å². The number of para-hydroxylation sites is 1. The molecule has 3 amide bonds. The van der Waals surface area contributed by atoms with Gasteiger partial charge in [0, 0.05) is 0 Å². The number of nitrogens with one attached hydrogen (secondary N) is 1. The average Bonchev–Trinajstić information content (AvgIpc) is 2.18. The van der Waals surface area contributed by atoms with Crippen LogP contribution < -0.4 is 15.8 Å². The van der Waals surface area contributed by atoms with Gasteiger partial charge in [0.1, 0.15) is 5.75 Å². The number of hydrogen-bond donors (Lipinski definition) is 2. The fourth-order valence-electron chi connectivity index (χ4n) is 0.980. The molecule has 0 aliphatic heterocycles. The number of carbonyl (C=O) groups is 2. The summed E-state index contributed by atoms with van der Waals surface area (Å²) in [5, 5.41) is 1.94. The highest BCUT2D eigenvalue weighted by atomic mass is 16.5. The number of urea groups is 1. The molecule has 0 saturated heterocycles. The maximum absolute atomic E-state index is 11.2. The highest BCUT2D eigenvalue weighted by molar-refractivity contribution is 5.95. The van der Waals surface area contributed by atoms with E-state index in [1.54, 1.807) is 24.3 Å². The molecule has 3 N–H and O–H groups in total. The van der Waals surface area contributed by atoms with Crippen LogP contribution in [0.5, 0.6) is 5.75 Å². The molecule has 0 saturated carbocycles. The number of benzene rings is 1. The fraction of sp³-hybridized carbons (Fsp3) is 0.200. The van der Waals surface area contributed by atoms with Gasteiger partial charge in [-0.25, -0.2) is 4.79 Å². The van der Waals surface area contributed by atoms with Crippen molar-refractivity contribution in [3.8, 4) is 5.75 Å². The van der Waals surface area contributed by atoms with Gasteiger partial charge in [-0.1, -0.05) is 18.2 Å². The lowest BCUT2D eigenvalue weighted by molar-refractivity contribution is -0.126. The normalized spacial score (nSPS) is 11.5. The molecule has 0 aromatic heterocycles. The molecule has 1 aromatic carbocycles. The second-order valence-corrected chi connectivity index (χ2v) is 2.93. The summed E-state index contributed by atoms with van der Waals surface area (Å²) in [5.74, 6) is -0.00373. The van der Waals surface area contributed by atoms with E-state index in [1.807, 2.05) is 11.4 Å². The van der Waals surface area contributed by atoms with Crippen LogP contribution in [-0.2, 0) is 4.79 Å². The second kappa shape index (κ2) is 4.99. The summed E-state index contributed by atoms with van der Waals surface area (Å²) in [6.45, 7) is 1.53. The van der Waals surface area contributed by atoms with Crippen LogP contribution in [-0.4, -0.2) is 18.0 Å². The molecular weight excluding hydrogens is 196 g/mol. The number of ether oxygens (including phenoxy) is 1. The third-order valence-electron chi connectivity index (χ3n) is 1.67. The van der Waals surface area contributed by atoms with Crippen molar-refractivity contribution < 1.29 is 14.3 Å². The summed E-state index contributed by atoms with van der Waals surface area (Å²) in [4.78, 5) is 21.6. The summed E-state index contributed by atoms with van der Waals surface area (Å²) < 4.78 is 5.26. The van der Waals surface area contributed by atoms with E-state index >= 15 is 0 Å². The van der Waals surface area contributed by atoms with E-state index in [0.717, 1.165) is 0 Å². The zero-order chi connectivity index (χ0) is 11.3. The Bertz CT molecular complexity index is 351. The lowest BCUT2D eigenvalue weighted by atomic mass is 10.3. The first-order chi connectivity index (χ1) is 7.09. The highest BCUT2D eigenvalue weighted by Gasteiger charge is 2.15. The Morgan fingerprint density at radius 3 is 2.47 bits per heavy atom. The quantitative estimate of drug-likeness (QED) is 0.765. The minimum atomic E-state index is -0.886. The Morgan fingerprint density at radius 2 is 1.93 bits per heavy atom. The first-order valence-corrected chi connectivity index (χ1v) is 4.41. The molecule has 0 spiro atoms. The first-order valence-electron chi connectivity index (χ1n) is 4.41. The van der Waals surface area contributed by atoms with Gasteiger partial charge in [-0.3, -0.25) is 10.1 Å². The molecule has 0 fully saturated rings. The van der Waals surface area contributed by atoms with Crippen LogP contribution in [0.4, 0.5) is 4.79 Å². The molecule has 15 heavy (non-hydrogen) atoms. The summed E-state index contributed by atoms with van der Waals surface area (Å²) in [6.07, 6.45) is -0.764. The zero-order valence-electron chi connectivity index (χ0n) is 8.27. The number of imide groups is 1. The molecular formula is C10H12N2O3. The molecule has 5 heteroatoms. The van der Waals surface area contributed by atoms with Crippen molar-refractivity contribution >= 4 is 11.9 Å². The van der Waals surface area contributed by atoms with Crippen molar-refractivity contribution in [1.29, 1.82) is 0 Å². The predicted molar refractivity (Wildman–Crippen MR) is 54.3 cm³/mol. The Morgan fingerprint density at radius 1 is 1.33 bits per heavy atom. The molecule has 0 heterocycles. The molecule has 0 bridgehead atoms. The predicted octanol–water partition coefficient (Wildman–Crippen LogP) is 0.649. The molecule has 0 aliphatic rings. The van der Waals surface area contributed by atoms with Crippen molar-refractivity contribution in [1.82, 2.24) is 5.32 Å². The number of hydrogen-bond acceptors (Lipinski definition) is 3. The van der Waals surface area contributed by atoms with Crippen molar-refractivity contribution in [3.05, 3.63) is 30.3 Å². The van der Waals surface area contributed by atoms with E-state index in [9.17, 15) is 9.59 Å². The summed E-state index contributed by atoms with van der Waals surface area (Å²) >= 11 is 0. The van der Waals surface area contributed by atoms with Crippen LogP contribution in [0.3, 0.4) is 0 Å². The van der Waals surface area contributed by atoms with Crippen LogP contribution in [0.1, 0.15) is 6.92 Å². The molecule has 5 nitrogen and oxygen atoms in total. The minimum absolute atomic E-state index is 0.560. The monoisotopic (exact) mass is 208 g/mol. The average molecular weight is 208 g/mol. The van der Waals surface area contributed by atoms with Crippen LogP contribution >= 0.6 is 0 Å². The molecule has 1 rings (SSSR count). The molecule has 0 unspecified atom stereocenters. The Hall–Kier alpha value is -2.04. The van der Waals surface area contributed by atoms with Crippen molar-refractivity contribution in [2.75, 3.05) is 0 Å². The summed E-state index contributed by atoms with van der Waals surface area (Å²) in [6, 6.07) is 7.95. The van der Waals surface area contributed by atoms with Gasteiger partial charge in [0.25, 0.3) is 5.91 Å². The summed E-state index contributed by atoms with van der Waals surface area (Å²) in [7, 11) is 0. The smallest absolute Gasteiger partial charge is 0.318 e. The van der Waals surface area contributed by atoms with E-state index in [1.165, 1.54) is 6.92 Å². The lowest BCUT2D eigenvalue weighted by Crippen LogP contribution is -2.42. The molecule has 1 aromatic rings. The Balaban J connectivity index is 2.52. The van der Waals surface area contributed by atoms with Gasteiger partial charge in [0.2, 0.25) is 0 Å². The fourth-order valence-corrected chi connectivity index (χ4v) is 0.980. The Kier molecular flexibility index (Phi) is 3.68. The van der Waals surface area contributed by atoms with Gasteiger partial charge in [-0.2, -0.15) is 0 Å². The third kappa shape index (κ3) is 3.68. The van der Waals surface area contributed by atoms with Crippen LogP contribution in [0.15, 0.2) is 30.3 Å². The van der Waals surface area contributed by atoms with Crippen LogP contribution in [0.25, 0.3) is 0 Å². The van der Waals surface area contributed by atoms with Crippen molar-refractivity contribution in [2.45, 2.75) is 13.0 Å². The van der Waals surface area contributed by atoms with Crippen molar-refractivity contribution in [3.63, 3.8) is 0 Å². The third-order valence-corrected chi connectivity index (χ3v) is 1.67. The van der Waals surface area contributed by atoms with Gasteiger partial charge in [0.05, 0.1) is 0 Å². The topological polar surface area (TPSA) is 81.4 Å². The van der Waals surface area contributed by atoms with E-state index in [2.05, 4.69) is 0 Å². The van der Waals surface area contributed by atoms with E-state index in [4.69, 9.17) is 10.5 Å². The van der Waals surface area contributed by atoms with Gasteiger partial charge in [-0.15, -0.1) is 0 Å². The Labute approximate surface area is 87.2 Å². The molecule has 1 atom stereocenters. The molecule has 0 radical (unpaired) electrons. The van der Waals surface area contributed by atoms with E-state index < -0.39 is 18.0 Å². The SMILES string of the molecule is C[C@H](Oc1ccccc1)C(=O)NC(N)=O. The van der Waals surface area contributed by atoms with Gasteiger partial charge >= 0.3 is 6.03 Å². The van der Waals surface area contributed by atoms with Gasteiger partial charge in [-0.05, 0) is 19.1 Å². The second-order valence-electron chi connectivity index (χ2n) is 2.93. The van der Waals surface area contributed by atoms with E-state index in [0.29, 0.717) is 5.75 Å². The zero-order valence-corrected chi connectivity index (χ0v) is 8.27. The summed E-state index contributed by atoms with van der Waals surface area (Å²) in [5.41, 5.74) is 4.80. The van der Waals surface area contributed by atoms with E-state index in [-0.39, 0.29) is 0 Å². The number of amides is 3. The number of nitrogens with two attached hydrogens (primary N) is 1. The standard InChI is InChI=1S/C10H12N2O3/c1-7(9(13)12-10(11)14)15-8-5-3-2-4-6-8/h2-7H,1H3,(H3,11,12,13,14)/t7-/m0/s1.